The Morgan fingerprint density at radius 2 is 1.88 bits per heavy atom. The number of carbonyl (C=O) groups excluding carboxylic acids is 3. The van der Waals surface area contributed by atoms with E-state index in [1.165, 1.54) is 11.0 Å². The summed E-state index contributed by atoms with van der Waals surface area (Å²) < 4.78 is 5.30. The molecule has 1 aliphatic heterocycles. The summed E-state index contributed by atoms with van der Waals surface area (Å²) in [4.78, 5) is 37.5. The Hall–Kier alpha value is -2.63. The number of nitrogens with one attached hydrogen (secondary N) is 1. The largest absolute Gasteiger partial charge is 0.444 e. The fourth-order valence-corrected chi connectivity index (χ4v) is 2.47. The van der Waals surface area contributed by atoms with Crippen molar-refractivity contribution in [2.24, 2.45) is 5.92 Å². The number of likely N-dealkylation sites (tertiary alicyclic amines) is 1. The average Bonchev–Trinajstić information content (AvgIpc) is 3.02. The molecule has 1 aromatic carbocycles. The van der Waals surface area contributed by atoms with Crippen LogP contribution in [0.25, 0.3) is 6.08 Å². The quantitative estimate of drug-likeness (QED) is 0.855. The summed E-state index contributed by atoms with van der Waals surface area (Å²) in [6.45, 7) is 6.09. The van der Waals surface area contributed by atoms with Gasteiger partial charge in [0.1, 0.15) is 5.60 Å². The second kappa shape index (κ2) is 7.96. The Kier molecular flexibility index (Phi) is 5.96. The standard InChI is InChI=1S/C19H24N2O4/c1-19(2,3)25-18(24)21-12-11-15(13-21)17(23)20-16(22)10-9-14-7-5-4-6-8-14/h4-10,15H,11-13H2,1-3H3,(H,20,22,23)/b10-9+. The van der Waals surface area contributed by atoms with Crippen molar-refractivity contribution in [3.8, 4) is 0 Å². The number of rotatable bonds is 3. The molecular weight excluding hydrogens is 320 g/mol. The third-order valence-electron chi connectivity index (χ3n) is 3.68. The first kappa shape index (κ1) is 18.7. The van der Waals surface area contributed by atoms with Gasteiger partial charge in [0.05, 0.1) is 5.92 Å². The summed E-state index contributed by atoms with van der Waals surface area (Å²) in [5, 5.41) is 2.36. The van der Waals surface area contributed by atoms with Crippen molar-refractivity contribution < 1.29 is 19.1 Å². The number of benzene rings is 1. The van der Waals surface area contributed by atoms with Crippen LogP contribution < -0.4 is 5.32 Å². The number of imide groups is 1. The molecule has 1 unspecified atom stereocenters. The van der Waals surface area contributed by atoms with Gasteiger partial charge in [-0.25, -0.2) is 4.79 Å². The molecule has 0 bridgehead atoms. The first-order chi connectivity index (χ1) is 11.7. The first-order valence-electron chi connectivity index (χ1n) is 8.30. The zero-order valence-corrected chi connectivity index (χ0v) is 14.8. The van der Waals surface area contributed by atoms with Crippen molar-refractivity contribution in [1.29, 1.82) is 0 Å². The second-order valence-electron chi connectivity index (χ2n) is 7.01. The van der Waals surface area contributed by atoms with Gasteiger partial charge in [-0.2, -0.15) is 0 Å². The Morgan fingerprint density at radius 1 is 1.20 bits per heavy atom. The summed E-state index contributed by atoms with van der Waals surface area (Å²) >= 11 is 0. The normalized spacial score (nSPS) is 17.6. The first-order valence-corrected chi connectivity index (χ1v) is 8.30. The van der Waals surface area contributed by atoms with E-state index in [9.17, 15) is 14.4 Å². The molecule has 0 aromatic heterocycles. The lowest BCUT2D eigenvalue weighted by atomic mass is 10.1. The molecule has 2 rings (SSSR count). The van der Waals surface area contributed by atoms with E-state index >= 15 is 0 Å². The fraction of sp³-hybridized carbons (Fsp3) is 0.421. The third kappa shape index (κ3) is 6.06. The molecule has 6 nitrogen and oxygen atoms in total. The lowest BCUT2D eigenvalue weighted by molar-refractivity contribution is -0.130. The van der Waals surface area contributed by atoms with Gasteiger partial charge < -0.3 is 9.64 Å². The van der Waals surface area contributed by atoms with Crippen molar-refractivity contribution in [2.75, 3.05) is 13.1 Å². The predicted molar refractivity (Wildman–Crippen MR) is 94.5 cm³/mol. The minimum Gasteiger partial charge on any atom is -0.444 e. The summed E-state index contributed by atoms with van der Waals surface area (Å²) in [6, 6.07) is 9.35. The molecule has 0 saturated carbocycles. The molecule has 0 spiro atoms. The van der Waals surface area contributed by atoms with E-state index in [2.05, 4.69) is 5.32 Å². The number of hydrogen-bond acceptors (Lipinski definition) is 4. The molecule has 1 atom stereocenters. The maximum absolute atomic E-state index is 12.2. The SMILES string of the molecule is CC(C)(C)OC(=O)N1CCC(C(=O)NC(=O)/C=C/c2ccccc2)C1. The van der Waals surface area contributed by atoms with Crippen molar-refractivity contribution in [3.63, 3.8) is 0 Å². The molecule has 0 radical (unpaired) electrons. The number of ether oxygens (including phenoxy) is 1. The molecule has 134 valence electrons. The van der Waals surface area contributed by atoms with Gasteiger partial charge in [0, 0.05) is 19.2 Å². The van der Waals surface area contributed by atoms with Gasteiger partial charge in [0.25, 0.3) is 5.91 Å². The minimum absolute atomic E-state index is 0.260. The molecular formula is C19H24N2O4. The van der Waals surface area contributed by atoms with E-state index in [0.717, 1.165) is 5.56 Å². The summed E-state index contributed by atoms with van der Waals surface area (Å²) in [5.74, 6) is -1.24. The van der Waals surface area contributed by atoms with Crippen LogP contribution in [-0.2, 0) is 14.3 Å². The van der Waals surface area contributed by atoms with Gasteiger partial charge in [-0.15, -0.1) is 0 Å². The van der Waals surface area contributed by atoms with Crippen LogP contribution in [-0.4, -0.2) is 41.5 Å². The molecule has 1 N–H and O–H groups in total. The van der Waals surface area contributed by atoms with Crippen LogP contribution in [0.2, 0.25) is 0 Å². The molecule has 1 aliphatic rings. The maximum Gasteiger partial charge on any atom is 0.410 e. The van der Waals surface area contributed by atoms with Gasteiger partial charge in [0.2, 0.25) is 5.91 Å². The van der Waals surface area contributed by atoms with Crippen molar-refractivity contribution >= 4 is 24.0 Å². The van der Waals surface area contributed by atoms with Crippen LogP contribution in [0, 0.1) is 5.92 Å². The zero-order valence-electron chi connectivity index (χ0n) is 14.8. The third-order valence-corrected chi connectivity index (χ3v) is 3.68. The van der Waals surface area contributed by atoms with E-state index in [1.807, 2.05) is 30.3 Å². The van der Waals surface area contributed by atoms with Crippen LogP contribution >= 0.6 is 0 Å². The van der Waals surface area contributed by atoms with E-state index in [1.54, 1.807) is 26.8 Å². The lowest BCUT2D eigenvalue weighted by Gasteiger charge is -2.24. The van der Waals surface area contributed by atoms with E-state index in [0.29, 0.717) is 13.0 Å². The smallest absolute Gasteiger partial charge is 0.410 e. The molecule has 1 saturated heterocycles. The highest BCUT2D eigenvalue weighted by atomic mass is 16.6. The highest BCUT2D eigenvalue weighted by Gasteiger charge is 2.33. The highest BCUT2D eigenvalue weighted by molar-refractivity contribution is 6.03. The Morgan fingerprint density at radius 3 is 2.52 bits per heavy atom. The van der Waals surface area contributed by atoms with Gasteiger partial charge in [-0.3, -0.25) is 14.9 Å². The van der Waals surface area contributed by atoms with Crippen LogP contribution in [0.5, 0.6) is 0 Å². The van der Waals surface area contributed by atoms with Gasteiger partial charge >= 0.3 is 6.09 Å². The van der Waals surface area contributed by atoms with Crippen molar-refractivity contribution in [1.82, 2.24) is 10.2 Å². The van der Waals surface area contributed by atoms with Crippen molar-refractivity contribution in [2.45, 2.75) is 32.8 Å². The molecule has 0 aliphatic carbocycles. The van der Waals surface area contributed by atoms with Gasteiger partial charge in [-0.05, 0) is 38.8 Å². The summed E-state index contributed by atoms with van der Waals surface area (Å²) in [5.41, 5.74) is 0.303. The van der Waals surface area contributed by atoms with Crippen LogP contribution in [0.4, 0.5) is 4.79 Å². The zero-order chi connectivity index (χ0) is 18.4. The highest BCUT2D eigenvalue weighted by Crippen LogP contribution is 2.19. The number of carbonyl (C=O) groups is 3. The molecule has 3 amide bonds. The molecule has 6 heteroatoms. The Labute approximate surface area is 147 Å². The number of hydrogen-bond donors (Lipinski definition) is 1. The molecule has 1 heterocycles. The van der Waals surface area contributed by atoms with E-state index < -0.39 is 23.5 Å². The van der Waals surface area contributed by atoms with Gasteiger partial charge in [-0.1, -0.05) is 30.3 Å². The minimum atomic E-state index is -0.574. The molecule has 1 aromatic rings. The Bertz CT molecular complexity index is 662. The number of nitrogens with zero attached hydrogens (tertiary/aromatic N) is 1. The monoisotopic (exact) mass is 344 g/mol. The average molecular weight is 344 g/mol. The predicted octanol–water partition coefficient (Wildman–Crippen LogP) is 2.60. The number of amides is 3. The van der Waals surface area contributed by atoms with Crippen LogP contribution in [0.1, 0.15) is 32.8 Å². The van der Waals surface area contributed by atoms with Crippen molar-refractivity contribution in [3.05, 3.63) is 42.0 Å². The summed E-state index contributed by atoms with van der Waals surface area (Å²) in [7, 11) is 0. The maximum atomic E-state index is 12.2. The Balaban J connectivity index is 1.82. The van der Waals surface area contributed by atoms with Gasteiger partial charge in [0.15, 0.2) is 0 Å². The van der Waals surface area contributed by atoms with E-state index in [4.69, 9.17) is 4.74 Å². The second-order valence-corrected chi connectivity index (χ2v) is 7.01. The van der Waals surface area contributed by atoms with Crippen LogP contribution in [0.15, 0.2) is 36.4 Å². The van der Waals surface area contributed by atoms with E-state index in [-0.39, 0.29) is 12.5 Å². The molecule has 1 fully saturated rings. The summed E-state index contributed by atoms with van der Waals surface area (Å²) in [6.07, 6.45) is 3.05. The molecule has 25 heavy (non-hydrogen) atoms. The van der Waals surface area contributed by atoms with Crippen LogP contribution in [0.3, 0.4) is 0 Å². The lowest BCUT2D eigenvalue weighted by Crippen LogP contribution is -2.38. The topological polar surface area (TPSA) is 75.7 Å². The fourth-order valence-electron chi connectivity index (χ4n) is 2.47.